The number of ether oxygens (including phenoxy) is 1. The Hall–Kier alpha value is -1.70. The van der Waals surface area contributed by atoms with Crippen LogP contribution in [0.1, 0.15) is 0 Å². The highest BCUT2D eigenvalue weighted by atomic mass is 79.9. The number of anilines is 1. The van der Waals surface area contributed by atoms with Crippen LogP contribution in [0.2, 0.25) is 25.7 Å². The molecule has 3 heterocycles. The Labute approximate surface area is 170 Å². The van der Waals surface area contributed by atoms with Crippen molar-refractivity contribution in [3.63, 3.8) is 0 Å². The number of pyridine rings is 2. The van der Waals surface area contributed by atoms with Crippen molar-refractivity contribution in [3.8, 4) is 11.1 Å². The Morgan fingerprint density at radius 1 is 1.11 bits per heavy atom. The maximum Gasteiger partial charge on any atom is 0.142 e. The van der Waals surface area contributed by atoms with E-state index in [9.17, 15) is 0 Å². The second-order valence-corrected chi connectivity index (χ2v) is 14.7. The monoisotopic (exact) mass is 446 g/mol. The predicted octanol–water partition coefficient (Wildman–Crippen LogP) is 5.24. The maximum absolute atomic E-state index is 5.89. The zero-order valence-electron chi connectivity index (χ0n) is 16.7. The van der Waals surface area contributed by atoms with E-state index in [4.69, 9.17) is 4.74 Å². The fourth-order valence-corrected chi connectivity index (χ4v) is 4.04. The van der Waals surface area contributed by atoms with Gasteiger partial charge in [0.15, 0.2) is 0 Å². The number of hydrogen-bond donors (Lipinski definition) is 0. The van der Waals surface area contributed by atoms with Crippen molar-refractivity contribution in [2.75, 3.05) is 25.6 Å². The van der Waals surface area contributed by atoms with Gasteiger partial charge in [0.2, 0.25) is 0 Å². The first-order valence-corrected chi connectivity index (χ1v) is 13.6. The molecule has 3 rings (SSSR count). The van der Waals surface area contributed by atoms with Crippen LogP contribution in [0.4, 0.5) is 5.82 Å². The van der Waals surface area contributed by atoms with Crippen molar-refractivity contribution < 1.29 is 4.74 Å². The fraction of sp³-hybridized carbons (Fsp3) is 0.400. The van der Waals surface area contributed by atoms with Gasteiger partial charge in [0, 0.05) is 68.4 Å². The van der Waals surface area contributed by atoms with E-state index in [-0.39, 0.29) is 0 Å². The second-order valence-electron chi connectivity index (χ2n) is 8.19. The Kier molecular flexibility index (Phi) is 6.03. The van der Waals surface area contributed by atoms with Crippen molar-refractivity contribution in [3.05, 3.63) is 41.3 Å². The summed E-state index contributed by atoms with van der Waals surface area (Å²) in [5, 5.41) is 1.08. The molecule has 27 heavy (non-hydrogen) atoms. The van der Waals surface area contributed by atoms with Gasteiger partial charge in [0.1, 0.15) is 18.2 Å². The van der Waals surface area contributed by atoms with E-state index in [0.29, 0.717) is 6.73 Å². The van der Waals surface area contributed by atoms with Crippen molar-refractivity contribution >= 4 is 40.9 Å². The van der Waals surface area contributed by atoms with Crippen molar-refractivity contribution in [1.82, 2.24) is 14.5 Å². The summed E-state index contributed by atoms with van der Waals surface area (Å²) in [4.78, 5) is 11.2. The minimum absolute atomic E-state index is 0.526. The van der Waals surface area contributed by atoms with E-state index < -0.39 is 8.07 Å². The molecule has 0 aliphatic carbocycles. The lowest BCUT2D eigenvalue weighted by molar-refractivity contribution is 0.0898. The zero-order valence-corrected chi connectivity index (χ0v) is 19.2. The first-order valence-electron chi connectivity index (χ1n) is 9.10. The Balaban J connectivity index is 1.79. The van der Waals surface area contributed by atoms with Crippen LogP contribution in [0.3, 0.4) is 0 Å². The second kappa shape index (κ2) is 8.12. The Morgan fingerprint density at radius 3 is 2.48 bits per heavy atom. The summed E-state index contributed by atoms with van der Waals surface area (Å²) >= 11 is 3.66. The Bertz CT molecular complexity index is 916. The molecule has 0 unspecified atom stereocenters. The number of hydrogen-bond acceptors (Lipinski definition) is 4. The molecule has 0 atom stereocenters. The van der Waals surface area contributed by atoms with Gasteiger partial charge in [-0.05, 0) is 40.2 Å². The van der Waals surface area contributed by atoms with E-state index in [1.807, 2.05) is 43.7 Å². The molecule has 0 saturated heterocycles. The van der Waals surface area contributed by atoms with Gasteiger partial charge >= 0.3 is 0 Å². The third kappa shape index (κ3) is 4.97. The van der Waals surface area contributed by atoms with E-state index in [0.717, 1.165) is 39.1 Å². The minimum Gasteiger partial charge on any atom is -0.363 e. The molecule has 0 aliphatic rings. The van der Waals surface area contributed by atoms with Crippen LogP contribution < -0.4 is 4.90 Å². The quantitative estimate of drug-likeness (QED) is 0.367. The van der Waals surface area contributed by atoms with Gasteiger partial charge in [-0.2, -0.15) is 0 Å². The summed E-state index contributed by atoms with van der Waals surface area (Å²) in [7, 11) is 2.91. The van der Waals surface area contributed by atoms with Crippen LogP contribution in [0.25, 0.3) is 22.2 Å². The van der Waals surface area contributed by atoms with Crippen molar-refractivity contribution in [1.29, 1.82) is 0 Å². The molecule has 3 aromatic rings. The number of halogens is 1. The van der Waals surface area contributed by atoms with Gasteiger partial charge in [-0.3, -0.25) is 0 Å². The molecule has 5 nitrogen and oxygen atoms in total. The minimum atomic E-state index is -1.07. The molecule has 144 valence electrons. The van der Waals surface area contributed by atoms with Gasteiger partial charge in [-0.15, -0.1) is 0 Å². The highest BCUT2D eigenvalue weighted by molar-refractivity contribution is 9.10. The zero-order chi connectivity index (χ0) is 19.6. The molecule has 0 radical (unpaired) electrons. The number of aromatic nitrogens is 3. The number of nitrogens with zero attached hydrogens (tertiary/aromatic N) is 4. The molecule has 0 amide bonds. The lowest BCUT2D eigenvalue weighted by Gasteiger charge is -2.15. The van der Waals surface area contributed by atoms with E-state index in [2.05, 4.69) is 62.2 Å². The fourth-order valence-electron chi connectivity index (χ4n) is 2.75. The van der Waals surface area contributed by atoms with Crippen LogP contribution in [-0.2, 0) is 11.5 Å². The molecule has 0 fully saturated rings. The van der Waals surface area contributed by atoms with E-state index in [1.54, 1.807) is 0 Å². The maximum atomic E-state index is 5.89. The van der Waals surface area contributed by atoms with Crippen LogP contribution in [0.5, 0.6) is 0 Å². The van der Waals surface area contributed by atoms with Gasteiger partial charge in [0.25, 0.3) is 0 Å². The average Bonchev–Trinajstić information content (AvgIpc) is 2.93. The standard InChI is InChI=1S/C20H27BrN4OSi/c1-24(2)19-7-6-15(11-22-19)16-10-17-18(21)13-25(20(17)23-12-16)14-26-8-9-27(3,4)5/h6-7,10-13H,8-9,14H2,1-5H3. The molecule has 0 saturated carbocycles. The van der Waals surface area contributed by atoms with Crippen molar-refractivity contribution in [2.45, 2.75) is 32.4 Å². The van der Waals surface area contributed by atoms with Crippen LogP contribution in [-0.4, -0.2) is 43.3 Å². The summed E-state index contributed by atoms with van der Waals surface area (Å²) in [6.07, 6.45) is 5.84. The van der Waals surface area contributed by atoms with Crippen molar-refractivity contribution in [2.24, 2.45) is 0 Å². The molecule has 3 aromatic heterocycles. The molecule has 0 aromatic carbocycles. The lowest BCUT2D eigenvalue weighted by Crippen LogP contribution is -2.22. The lowest BCUT2D eigenvalue weighted by atomic mass is 10.1. The summed E-state index contributed by atoms with van der Waals surface area (Å²) in [6, 6.07) is 7.42. The molecule has 7 heteroatoms. The van der Waals surface area contributed by atoms with Crippen LogP contribution >= 0.6 is 15.9 Å². The molecule has 0 bridgehead atoms. The first-order chi connectivity index (χ1) is 12.7. The highest BCUT2D eigenvalue weighted by Gasteiger charge is 2.13. The first kappa shape index (κ1) is 20.0. The highest BCUT2D eigenvalue weighted by Crippen LogP contribution is 2.29. The third-order valence-corrected chi connectivity index (χ3v) is 6.77. The summed E-state index contributed by atoms with van der Waals surface area (Å²) in [5.74, 6) is 0.940. The smallest absolute Gasteiger partial charge is 0.142 e. The van der Waals surface area contributed by atoms with E-state index in [1.165, 1.54) is 6.04 Å². The summed E-state index contributed by atoms with van der Waals surface area (Å²) in [6.45, 7) is 8.41. The van der Waals surface area contributed by atoms with Gasteiger partial charge in [0.05, 0.1) is 0 Å². The van der Waals surface area contributed by atoms with Gasteiger partial charge in [-0.25, -0.2) is 9.97 Å². The molecular weight excluding hydrogens is 420 g/mol. The molecule has 0 spiro atoms. The molecular formula is C20H27BrN4OSi. The molecule has 0 aliphatic heterocycles. The Morgan fingerprint density at radius 2 is 1.85 bits per heavy atom. The summed E-state index contributed by atoms with van der Waals surface area (Å²) < 4.78 is 8.97. The largest absolute Gasteiger partial charge is 0.363 e. The SMILES string of the molecule is CN(C)c1ccc(-c2cnc3c(c2)c(Br)cn3COCC[Si](C)(C)C)cn1. The van der Waals surface area contributed by atoms with Crippen LogP contribution in [0.15, 0.2) is 41.3 Å². The number of fused-ring (bicyclic) bond motifs is 1. The number of rotatable bonds is 7. The van der Waals surface area contributed by atoms with Crippen LogP contribution in [0, 0.1) is 0 Å². The summed E-state index contributed by atoms with van der Waals surface area (Å²) in [5.41, 5.74) is 3.04. The van der Waals surface area contributed by atoms with Gasteiger partial charge < -0.3 is 14.2 Å². The third-order valence-electron chi connectivity index (χ3n) is 4.43. The predicted molar refractivity (Wildman–Crippen MR) is 119 cm³/mol. The van der Waals surface area contributed by atoms with Gasteiger partial charge in [-0.1, -0.05) is 19.6 Å². The molecule has 0 N–H and O–H groups in total. The average molecular weight is 447 g/mol. The van der Waals surface area contributed by atoms with E-state index >= 15 is 0 Å². The topological polar surface area (TPSA) is 43.2 Å². The normalized spacial score (nSPS) is 11.9.